The number of aryl methyl sites for hydroxylation is 1. The minimum Gasteiger partial charge on any atom is -0.385 e. The van der Waals surface area contributed by atoms with Crippen molar-refractivity contribution in [2.45, 2.75) is 12.8 Å². The van der Waals surface area contributed by atoms with Crippen LogP contribution in [0.3, 0.4) is 0 Å². The second-order valence-corrected chi connectivity index (χ2v) is 5.20. The van der Waals surface area contributed by atoms with Gasteiger partial charge in [-0.25, -0.2) is 0 Å². The van der Waals surface area contributed by atoms with Crippen molar-refractivity contribution < 1.29 is 4.79 Å². The Bertz CT molecular complexity index is 468. The van der Waals surface area contributed by atoms with Crippen molar-refractivity contribution in [1.82, 2.24) is 5.32 Å². The lowest BCUT2D eigenvalue weighted by Crippen LogP contribution is -2.45. The van der Waals surface area contributed by atoms with Gasteiger partial charge >= 0.3 is 0 Å². The zero-order valence-corrected chi connectivity index (χ0v) is 10.7. The van der Waals surface area contributed by atoms with Crippen LogP contribution in [0.5, 0.6) is 0 Å². The lowest BCUT2D eigenvalue weighted by Gasteiger charge is -2.29. The number of hydrogen-bond donors (Lipinski definition) is 2. The molecule has 2 heterocycles. The van der Waals surface area contributed by atoms with E-state index in [1.807, 2.05) is 13.1 Å². The Kier molecular flexibility index (Phi) is 2.96. The zero-order chi connectivity index (χ0) is 12.5. The average Bonchev–Trinajstić information content (AvgIpc) is 2.32. The molecule has 2 N–H and O–H groups in total. The Labute approximate surface area is 107 Å². The Hall–Kier alpha value is -1.55. The molecule has 1 amide bonds. The normalized spacial score (nSPS) is 19.4. The van der Waals surface area contributed by atoms with Gasteiger partial charge in [0.2, 0.25) is 5.91 Å². The minimum absolute atomic E-state index is 0.212. The van der Waals surface area contributed by atoms with Crippen LogP contribution in [-0.2, 0) is 11.2 Å². The predicted molar refractivity (Wildman–Crippen MR) is 73.0 cm³/mol. The number of nitrogens with zero attached hydrogens (tertiary/aromatic N) is 1. The Balaban J connectivity index is 1.72. The molecule has 1 aromatic carbocycles. The van der Waals surface area contributed by atoms with Crippen LogP contribution in [-0.4, -0.2) is 32.6 Å². The molecule has 0 bridgehead atoms. The molecule has 1 aromatic rings. The van der Waals surface area contributed by atoms with E-state index in [4.69, 9.17) is 0 Å². The van der Waals surface area contributed by atoms with Gasteiger partial charge in [0.15, 0.2) is 0 Å². The van der Waals surface area contributed by atoms with Crippen LogP contribution >= 0.6 is 0 Å². The van der Waals surface area contributed by atoms with Crippen LogP contribution in [0.1, 0.15) is 12.0 Å². The number of anilines is 2. The minimum atomic E-state index is 0.212. The van der Waals surface area contributed by atoms with E-state index in [0.717, 1.165) is 37.7 Å². The molecule has 0 saturated carbocycles. The van der Waals surface area contributed by atoms with Crippen molar-refractivity contribution >= 4 is 17.3 Å². The fourth-order valence-corrected chi connectivity index (χ4v) is 2.52. The summed E-state index contributed by atoms with van der Waals surface area (Å²) in [4.78, 5) is 13.4. The number of fused-ring (bicyclic) bond motifs is 1. The highest BCUT2D eigenvalue weighted by molar-refractivity contribution is 5.96. The molecule has 1 saturated heterocycles. The summed E-state index contributed by atoms with van der Waals surface area (Å²) in [6.45, 7) is 3.27. The molecule has 18 heavy (non-hydrogen) atoms. The number of nitrogens with one attached hydrogen (secondary N) is 2. The number of benzene rings is 1. The highest BCUT2D eigenvalue weighted by atomic mass is 16.2. The zero-order valence-electron chi connectivity index (χ0n) is 10.7. The monoisotopic (exact) mass is 245 g/mol. The van der Waals surface area contributed by atoms with Gasteiger partial charge in [0, 0.05) is 50.4 Å². The quantitative estimate of drug-likeness (QED) is 0.842. The molecule has 96 valence electrons. The summed E-state index contributed by atoms with van der Waals surface area (Å²) < 4.78 is 0. The molecule has 3 rings (SSSR count). The molecule has 4 heteroatoms. The SMILES string of the molecule is CN1C(=O)CCc2cc(NCC3CNC3)ccc21. The molecule has 0 atom stereocenters. The van der Waals surface area contributed by atoms with E-state index in [2.05, 4.69) is 22.8 Å². The van der Waals surface area contributed by atoms with Crippen molar-refractivity contribution in [2.75, 3.05) is 36.9 Å². The first-order valence-corrected chi connectivity index (χ1v) is 6.58. The fourth-order valence-electron chi connectivity index (χ4n) is 2.52. The molecule has 1 fully saturated rings. The van der Waals surface area contributed by atoms with Crippen LogP contribution in [0.4, 0.5) is 11.4 Å². The summed E-state index contributed by atoms with van der Waals surface area (Å²) in [5.74, 6) is 0.967. The van der Waals surface area contributed by atoms with Crippen LogP contribution < -0.4 is 15.5 Å². The summed E-state index contributed by atoms with van der Waals surface area (Å²) in [7, 11) is 1.85. The first-order valence-electron chi connectivity index (χ1n) is 6.58. The van der Waals surface area contributed by atoms with E-state index in [1.54, 1.807) is 4.90 Å². The van der Waals surface area contributed by atoms with Crippen LogP contribution in [0.2, 0.25) is 0 Å². The summed E-state index contributed by atoms with van der Waals surface area (Å²) in [5.41, 5.74) is 3.50. The van der Waals surface area contributed by atoms with Crippen molar-refractivity contribution in [3.8, 4) is 0 Å². The van der Waals surface area contributed by atoms with Crippen molar-refractivity contribution in [2.24, 2.45) is 5.92 Å². The van der Waals surface area contributed by atoms with Gasteiger partial charge in [0.1, 0.15) is 0 Å². The second kappa shape index (κ2) is 4.61. The average molecular weight is 245 g/mol. The summed E-state index contributed by atoms with van der Waals surface area (Å²) >= 11 is 0. The van der Waals surface area contributed by atoms with Crippen LogP contribution in [0.25, 0.3) is 0 Å². The van der Waals surface area contributed by atoms with Gasteiger partial charge in [0.05, 0.1) is 0 Å². The van der Waals surface area contributed by atoms with Gasteiger partial charge in [-0.05, 0) is 30.2 Å². The standard InChI is InChI=1S/C14H19N3O/c1-17-13-4-3-12(16-9-10-7-15-8-10)6-11(13)2-5-14(17)18/h3-4,6,10,15-16H,2,5,7-9H2,1H3. The van der Waals surface area contributed by atoms with Gasteiger partial charge in [-0.1, -0.05) is 0 Å². The Morgan fingerprint density at radius 3 is 2.94 bits per heavy atom. The third-order valence-corrected chi connectivity index (χ3v) is 3.88. The van der Waals surface area contributed by atoms with E-state index < -0.39 is 0 Å². The molecular weight excluding hydrogens is 226 g/mol. The van der Waals surface area contributed by atoms with E-state index in [9.17, 15) is 4.79 Å². The fraction of sp³-hybridized carbons (Fsp3) is 0.500. The van der Waals surface area contributed by atoms with Crippen LogP contribution in [0, 0.1) is 5.92 Å². The van der Waals surface area contributed by atoms with Crippen LogP contribution in [0.15, 0.2) is 18.2 Å². The maximum absolute atomic E-state index is 11.6. The van der Waals surface area contributed by atoms with Crippen molar-refractivity contribution in [1.29, 1.82) is 0 Å². The predicted octanol–water partition coefficient (Wildman–Crippen LogP) is 1.23. The van der Waals surface area contributed by atoms with Gasteiger partial charge in [-0.3, -0.25) is 4.79 Å². The van der Waals surface area contributed by atoms with Gasteiger partial charge in [-0.2, -0.15) is 0 Å². The maximum Gasteiger partial charge on any atom is 0.227 e. The van der Waals surface area contributed by atoms with E-state index in [-0.39, 0.29) is 5.91 Å². The lowest BCUT2D eigenvalue weighted by molar-refractivity contribution is -0.118. The number of amides is 1. The smallest absolute Gasteiger partial charge is 0.227 e. The van der Waals surface area contributed by atoms with Crippen molar-refractivity contribution in [3.63, 3.8) is 0 Å². The van der Waals surface area contributed by atoms with E-state index in [0.29, 0.717) is 6.42 Å². The first-order chi connectivity index (χ1) is 8.74. The number of hydrogen-bond acceptors (Lipinski definition) is 3. The second-order valence-electron chi connectivity index (χ2n) is 5.20. The molecule has 0 radical (unpaired) electrons. The summed E-state index contributed by atoms with van der Waals surface area (Å²) in [6, 6.07) is 6.30. The summed E-state index contributed by atoms with van der Waals surface area (Å²) in [6.07, 6.45) is 1.48. The first kappa shape index (κ1) is 11.5. The Morgan fingerprint density at radius 2 is 2.22 bits per heavy atom. The number of rotatable bonds is 3. The van der Waals surface area contributed by atoms with Crippen molar-refractivity contribution in [3.05, 3.63) is 23.8 Å². The third-order valence-electron chi connectivity index (χ3n) is 3.88. The highest BCUT2D eigenvalue weighted by Crippen LogP contribution is 2.29. The molecular formula is C14H19N3O. The molecule has 0 aliphatic carbocycles. The molecule has 0 unspecified atom stereocenters. The largest absolute Gasteiger partial charge is 0.385 e. The maximum atomic E-state index is 11.6. The van der Waals surface area contributed by atoms with Gasteiger partial charge in [-0.15, -0.1) is 0 Å². The van der Waals surface area contributed by atoms with E-state index >= 15 is 0 Å². The third kappa shape index (κ3) is 2.08. The number of carbonyl (C=O) groups is 1. The van der Waals surface area contributed by atoms with E-state index in [1.165, 1.54) is 11.3 Å². The molecule has 2 aliphatic rings. The molecule has 0 spiro atoms. The topological polar surface area (TPSA) is 44.4 Å². The lowest BCUT2D eigenvalue weighted by atomic mass is 10.00. The molecule has 4 nitrogen and oxygen atoms in total. The Morgan fingerprint density at radius 1 is 1.39 bits per heavy atom. The van der Waals surface area contributed by atoms with Gasteiger partial charge in [0.25, 0.3) is 0 Å². The van der Waals surface area contributed by atoms with Gasteiger partial charge < -0.3 is 15.5 Å². The number of carbonyl (C=O) groups excluding carboxylic acids is 1. The molecule has 0 aromatic heterocycles. The summed E-state index contributed by atoms with van der Waals surface area (Å²) in [5, 5.41) is 6.75. The highest BCUT2D eigenvalue weighted by Gasteiger charge is 2.21. The molecule has 2 aliphatic heterocycles.